The summed E-state index contributed by atoms with van der Waals surface area (Å²) in [6, 6.07) is 11.0. The molecule has 3 amide bonds. The molecular weight excluding hydrogens is 526 g/mol. The Bertz CT molecular complexity index is 1250. The summed E-state index contributed by atoms with van der Waals surface area (Å²) in [6.07, 6.45) is 3.71. The van der Waals surface area contributed by atoms with E-state index in [0.717, 1.165) is 37.7 Å². The van der Waals surface area contributed by atoms with E-state index in [9.17, 15) is 24.3 Å². The van der Waals surface area contributed by atoms with Gasteiger partial charge >= 0.3 is 12.1 Å². The maximum absolute atomic E-state index is 13.7. The van der Waals surface area contributed by atoms with E-state index in [4.69, 9.17) is 9.47 Å². The Morgan fingerprint density at radius 1 is 0.902 bits per heavy atom. The van der Waals surface area contributed by atoms with E-state index >= 15 is 0 Å². The number of carboxylic acids is 1. The van der Waals surface area contributed by atoms with Gasteiger partial charge in [0, 0.05) is 12.8 Å². The van der Waals surface area contributed by atoms with Gasteiger partial charge < -0.3 is 30.5 Å². The predicted molar refractivity (Wildman–Crippen MR) is 152 cm³/mol. The van der Waals surface area contributed by atoms with E-state index in [1.807, 2.05) is 0 Å². The molecule has 3 aliphatic rings. The number of aliphatic carboxylic acids is 1. The molecule has 220 valence electrons. The van der Waals surface area contributed by atoms with Gasteiger partial charge in [0.05, 0.1) is 0 Å². The number of rotatable bonds is 3. The van der Waals surface area contributed by atoms with Gasteiger partial charge in [0.15, 0.2) is 0 Å². The third-order valence-electron chi connectivity index (χ3n) is 7.26. The number of hydrogen-bond donors (Lipinski definition) is 4. The van der Waals surface area contributed by atoms with Crippen molar-refractivity contribution in [3.8, 4) is 11.5 Å². The summed E-state index contributed by atoms with van der Waals surface area (Å²) in [7, 11) is 0. The highest BCUT2D eigenvalue weighted by atomic mass is 16.6. The van der Waals surface area contributed by atoms with Crippen LogP contribution in [0.1, 0.15) is 64.0 Å². The van der Waals surface area contributed by atoms with Gasteiger partial charge in [0.2, 0.25) is 11.8 Å². The molecule has 41 heavy (non-hydrogen) atoms. The summed E-state index contributed by atoms with van der Waals surface area (Å²) in [5.74, 6) is -1.38. The highest BCUT2D eigenvalue weighted by Gasteiger charge is 2.36. The van der Waals surface area contributed by atoms with E-state index in [0.29, 0.717) is 17.1 Å². The van der Waals surface area contributed by atoms with Crippen molar-refractivity contribution in [2.45, 2.75) is 89.4 Å². The molecule has 0 radical (unpaired) electrons. The fourth-order valence-corrected chi connectivity index (χ4v) is 5.28. The zero-order valence-electron chi connectivity index (χ0n) is 23.8. The Labute approximate surface area is 240 Å². The second kappa shape index (κ2) is 13.1. The molecule has 2 aromatic rings. The molecule has 5 rings (SSSR count). The quantitative estimate of drug-likeness (QED) is 0.439. The first-order valence-electron chi connectivity index (χ1n) is 14.2. The van der Waals surface area contributed by atoms with Crippen molar-refractivity contribution in [3.63, 3.8) is 0 Å². The molecule has 1 fully saturated rings. The number of hydrogen-bond acceptors (Lipinski definition) is 6. The number of nitrogens with one attached hydrogen (secondary N) is 3. The van der Waals surface area contributed by atoms with Crippen molar-refractivity contribution < 1.29 is 33.8 Å². The zero-order valence-corrected chi connectivity index (χ0v) is 23.8. The number of carbonyl (C=O) groups is 4. The van der Waals surface area contributed by atoms with Gasteiger partial charge in [-0.2, -0.15) is 0 Å². The second-order valence-corrected chi connectivity index (χ2v) is 11.8. The first kappa shape index (κ1) is 29.9. The third kappa shape index (κ3) is 8.70. The number of benzene rings is 2. The number of carbonyl (C=O) groups excluding carboxylic acids is 3. The van der Waals surface area contributed by atoms with E-state index in [1.54, 1.807) is 69.3 Å². The SMILES string of the molecule is CC(C)(C)OC(=O)NC1Cc2ccc(cc2)Oc2cccc(c2)CC(C(=O)O)NC(=O)C(C2CCCCC2)NC1=O. The van der Waals surface area contributed by atoms with Crippen LogP contribution in [0.5, 0.6) is 11.5 Å². The van der Waals surface area contributed by atoms with Crippen LogP contribution in [0.25, 0.3) is 0 Å². The smallest absolute Gasteiger partial charge is 0.408 e. The number of carboxylic acid groups (broad SMARTS) is 1. The van der Waals surface area contributed by atoms with Crippen LogP contribution in [0.4, 0.5) is 4.79 Å². The first-order valence-corrected chi connectivity index (χ1v) is 14.2. The lowest BCUT2D eigenvalue weighted by molar-refractivity contribution is -0.142. The average Bonchev–Trinajstić information content (AvgIpc) is 2.91. The van der Waals surface area contributed by atoms with E-state index in [1.165, 1.54) is 0 Å². The molecule has 2 heterocycles. The minimum absolute atomic E-state index is 0.0331. The molecule has 0 saturated heterocycles. The molecule has 4 bridgehead atoms. The summed E-state index contributed by atoms with van der Waals surface area (Å²) >= 11 is 0. The van der Waals surface area contributed by atoms with Crippen LogP contribution in [0.3, 0.4) is 0 Å². The third-order valence-corrected chi connectivity index (χ3v) is 7.26. The van der Waals surface area contributed by atoms with E-state index in [-0.39, 0.29) is 18.8 Å². The van der Waals surface area contributed by atoms with Crippen LogP contribution in [-0.2, 0) is 32.0 Å². The lowest BCUT2D eigenvalue weighted by Crippen LogP contribution is -2.59. The number of alkyl carbamates (subject to hydrolysis) is 1. The Kier molecular flexibility index (Phi) is 9.52. The maximum Gasteiger partial charge on any atom is 0.408 e. The highest BCUT2D eigenvalue weighted by molar-refractivity contribution is 5.93. The van der Waals surface area contributed by atoms with E-state index < -0.39 is 47.6 Å². The molecule has 10 heteroatoms. The standard InChI is InChI=1S/C31H39N3O7/c1-31(2,3)41-30(39)33-24-17-19-12-14-22(15-13-19)40-23-11-7-8-20(16-23)18-25(29(37)38)32-28(36)26(34-27(24)35)21-9-5-4-6-10-21/h7-8,11-16,21,24-26H,4-6,9-10,17-18H2,1-3H3,(H,32,36)(H,33,39)(H,34,35)(H,37,38). The topological polar surface area (TPSA) is 143 Å². The van der Waals surface area contributed by atoms with Gasteiger partial charge in [-0.15, -0.1) is 0 Å². The van der Waals surface area contributed by atoms with E-state index in [2.05, 4.69) is 16.0 Å². The molecule has 1 saturated carbocycles. The highest BCUT2D eigenvalue weighted by Crippen LogP contribution is 2.28. The normalized spacial score (nSPS) is 22.5. The van der Waals surface area contributed by atoms with Crippen LogP contribution < -0.4 is 20.7 Å². The molecule has 10 nitrogen and oxygen atoms in total. The van der Waals surface area contributed by atoms with Gasteiger partial charge in [0.1, 0.15) is 35.2 Å². The molecular formula is C31H39N3O7. The summed E-state index contributed by atoms with van der Waals surface area (Å²) in [5.41, 5.74) is 0.663. The fourth-order valence-electron chi connectivity index (χ4n) is 5.28. The monoisotopic (exact) mass is 565 g/mol. The lowest BCUT2D eigenvalue weighted by Gasteiger charge is -2.32. The van der Waals surface area contributed by atoms with Crippen LogP contribution in [0.2, 0.25) is 0 Å². The Morgan fingerprint density at radius 2 is 1.61 bits per heavy atom. The lowest BCUT2D eigenvalue weighted by atomic mass is 9.83. The number of amides is 3. The summed E-state index contributed by atoms with van der Waals surface area (Å²) in [5, 5.41) is 18.2. The van der Waals surface area contributed by atoms with Crippen molar-refractivity contribution in [2.75, 3.05) is 0 Å². The van der Waals surface area contributed by atoms with Crippen molar-refractivity contribution in [3.05, 3.63) is 59.7 Å². The second-order valence-electron chi connectivity index (χ2n) is 11.8. The van der Waals surface area contributed by atoms with Gasteiger partial charge in [-0.25, -0.2) is 9.59 Å². The molecule has 0 aromatic heterocycles. The number of ether oxygens (including phenoxy) is 2. The molecule has 4 N–H and O–H groups in total. The maximum atomic E-state index is 13.7. The molecule has 2 aliphatic heterocycles. The molecule has 3 unspecified atom stereocenters. The van der Waals surface area contributed by atoms with Crippen LogP contribution in [-0.4, -0.2) is 52.7 Å². The van der Waals surface area contributed by atoms with Crippen molar-refractivity contribution in [1.29, 1.82) is 0 Å². The zero-order chi connectivity index (χ0) is 29.6. The van der Waals surface area contributed by atoms with Gasteiger partial charge in [-0.05, 0) is 74.9 Å². The van der Waals surface area contributed by atoms with Crippen molar-refractivity contribution in [1.82, 2.24) is 16.0 Å². The van der Waals surface area contributed by atoms with Crippen LogP contribution >= 0.6 is 0 Å². The van der Waals surface area contributed by atoms with Crippen molar-refractivity contribution in [2.24, 2.45) is 5.92 Å². The van der Waals surface area contributed by atoms with Crippen LogP contribution in [0.15, 0.2) is 48.5 Å². The minimum atomic E-state index is -1.22. The molecule has 0 spiro atoms. The predicted octanol–water partition coefficient (Wildman–Crippen LogP) is 4.11. The first-order chi connectivity index (χ1) is 19.5. The van der Waals surface area contributed by atoms with Crippen LogP contribution in [0, 0.1) is 5.92 Å². The number of fused-ring (bicyclic) bond motifs is 10. The minimum Gasteiger partial charge on any atom is -0.480 e. The Morgan fingerprint density at radius 3 is 2.27 bits per heavy atom. The summed E-state index contributed by atoms with van der Waals surface area (Å²) < 4.78 is 11.4. The van der Waals surface area contributed by atoms with Gasteiger partial charge in [-0.1, -0.05) is 43.5 Å². The largest absolute Gasteiger partial charge is 0.480 e. The molecule has 2 aromatic carbocycles. The van der Waals surface area contributed by atoms with Gasteiger partial charge in [0.25, 0.3) is 0 Å². The molecule has 3 atom stereocenters. The summed E-state index contributed by atoms with van der Waals surface area (Å²) in [6.45, 7) is 5.18. The summed E-state index contributed by atoms with van der Waals surface area (Å²) in [4.78, 5) is 52.2. The average molecular weight is 566 g/mol. The Balaban J connectivity index is 1.70. The van der Waals surface area contributed by atoms with Gasteiger partial charge in [-0.3, -0.25) is 9.59 Å². The Hall–Kier alpha value is -4.08. The molecule has 1 aliphatic carbocycles. The fraction of sp³-hybridized carbons (Fsp3) is 0.484. The van der Waals surface area contributed by atoms with Crippen molar-refractivity contribution >= 4 is 23.9 Å².